The Balaban J connectivity index is 1.95. The van der Waals surface area contributed by atoms with Gasteiger partial charge in [-0.3, -0.25) is 9.59 Å². The van der Waals surface area contributed by atoms with Gasteiger partial charge >= 0.3 is 0 Å². The van der Waals surface area contributed by atoms with E-state index in [-0.39, 0.29) is 12.5 Å². The minimum absolute atomic E-state index is 0.293. The second kappa shape index (κ2) is 8.65. The van der Waals surface area contributed by atoms with Gasteiger partial charge < -0.3 is 15.4 Å². The van der Waals surface area contributed by atoms with E-state index in [2.05, 4.69) is 10.6 Å². The number of hydrogen-bond acceptors (Lipinski definition) is 5. The summed E-state index contributed by atoms with van der Waals surface area (Å²) in [4.78, 5) is 24.1. The van der Waals surface area contributed by atoms with E-state index < -0.39 is 15.9 Å². The summed E-state index contributed by atoms with van der Waals surface area (Å²) >= 11 is 0. The topological polar surface area (TPSA) is 105 Å². The van der Waals surface area contributed by atoms with E-state index >= 15 is 0 Å². The van der Waals surface area contributed by atoms with Crippen molar-refractivity contribution in [1.82, 2.24) is 4.31 Å². The zero-order valence-corrected chi connectivity index (χ0v) is 16.0. The highest BCUT2D eigenvalue weighted by Crippen LogP contribution is 2.16. The van der Waals surface area contributed by atoms with Crippen LogP contribution in [0.25, 0.3) is 0 Å². The third-order valence-corrected chi connectivity index (χ3v) is 4.97. The first kappa shape index (κ1) is 20.4. The number of rotatable bonds is 7. The molecule has 9 heteroatoms. The summed E-state index contributed by atoms with van der Waals surface area (Å²) in [6, 6.07) is 13.2. The molecule has 0 aliphatic rings. The van der Waals surface area contributed by atoms with Crippen molar-refractivity contribution in [2.75, 3.05) is 37.6 Å². The number of methoxy groups -OCH3 is 1. The summed E-state index contributed by atoms with van der Waals surface area (Å²) in [5, 5.41) is 5.34. The molecule has 0 aromatic heterocycles. The first-order valence-corrected chi connectivity index (χ1v) is 9.80. The lowest BCUT2D eigenvalue weighted by molar-refractivity contribution is -0.116. The number of sulfonamides is 1. The lowest BCUT2D eigenvalue weighted by Gasteiger charge is -2.13. The molecule has 0 aliphatic heterocycles. The van der Waals surface area contributed by atoms with Crippen LogP contribution in [0.15, 0.2) is 48.5 Å². The van der Waals surface area contributed by atoms with E-state index in [1.54, 1.807) is 55.6 Å². The van der Waals surface area contributed by atoms with Gasteiger partial charge in [-0.15, -0.1) is 0 Å². The van der Waals surface area contributed by atoms with Crippen LogP contribution in [-0.4, -0.2) is 51.5 Å². The molecule has 0 radical (unpaired) electrons. The molecule has 144 valence electrons. The van der Waals surface area contributed by atoms with Crippen LogP contribution in [0.3, 0.4) is 0 Å². The number of carbonyl (C=O) groups excluding carboxylic acids is 2. The Hall–Kier alpha value is -2.91. The highest BCUT2D eigenvalue weighted by Gasteiger charge is 2.15. The first-order chi connectivity index (χ1) is 12.7. The zero-order valence-electron chi connectivity index (χ0n) is 15.2. The second-order valence-corrected chi connectivity index (χ2v) is 7.92. The van der Waals surface area contributed by atoms with Crippen LogP contribution in [0.1, 0.15) is 10.4 Å². The molecule has 8 nitrogen and oxygen atoms in total. The predicted molar refractivity (Wildman–Crippen MR) is 103 cm³/mol. The van der Waals surface area contributed by atoms with Crippen LogP contribution < -0.4 is 15.4 Å². The Morgan fingerprint density at radius 1 is 0.963 bits per heavy atom. The van der Waals surface area contributed by atoms with Crippen molar-refractivity contribution >= 4 is 33.2 Å². The molecule has 27 heavy (non-hydrogen) atoms. The van der Waals surface area contributed by atoms with E-state index in [4.69, 9.17) is 4.74 Å². The smallest absolute Gasteiger partial charge is 0.255 e. The summed E-state index contributed by atoms with van der Waals surface area (Å²) in [5.74, 6) is -0.0807. The molecular formula is C18H21N3O5S. The van der Waals surface area contributed by atoms with Crippen molar-refractivity contribution in [3.05, 3.63) is 54.1 Å². The first-order valence-electron chi connectivity index (χ1n) is 7.95. The number of nitrogens with one attached hydrogen (secondary N) is 2. The second-order valence-electron chi connectivity index (χ2n) is 5.83. The van der Waals surface area contributed by atoms with Crippen molar-refractivity contribution in [3.8, 4) is 5.75 Å². The normalized spacial score (nSPS) is 11.1. The van der Waals surface area contributed by atoms with Gasteiger partial charge in [0, 0.05) is 24.0 Å². The van der Waals surface area contributed by atoms with Gasteiger partial charge in [0.2, 0.25) is 15.9 Å². The van der Waals surface area contributed by atoms with Gasteiger partial charge in [0.1, 0.15) is 5.75 Å². The summed E-state index contributed by atoms with van der Waals surface area (Å²) in [5.41, 5.74) is 1.50. The number of ether oxygens (including phenoxy) is 1. The van der Waals surface area contributed by atoms with E-state index in [9.17, 15) is 18.0 Å². The third-order valence-electron chi connectivity index (χ3n) is 3.71. The maximum Gasteiger partial charge on any atom is 0.255 e. The lowest BCUT2D eigenvalue weighted by Crippen LogP contribution is -2.34. The fourth-order valence-corrected chi connectivity index (χ4v) is 2.45. The monoisotopic (exact) mass is 391 g/mol. The number of benzene rings is 2. The van der Waals surface area contributed by atoms with Gasteiger partial charge in [-0.05, 0) is 48.5 Å². The number of nitrogens with zero attached hydrogens (tertiary/aromatic N) is 1. The van der Waals surface area contributed by atoms with E-state index in [1.165, 1.54) is 7.05 Å². The van der Waals surface area contributed by atoms with Crippen LogP contribution in [0.5, 0.6) is 5.75 Å². The maximum absolute atomic E-state index is 12.3. The molecule has 0 spiro atoms. The van der Waals surface area contributed by atoms with Crippen molar-refractivity contribution in [1.29, 1.82) is 0 Å². The molecule has 0 saturated heterocycles. The third kappa shape index (κ3) is 6.08. The molecule has 2 aromatic carbocycles. The summed E-state index contributed by atoms with van der Waals surface area (Å²) < 4.78 is 28.6. The van der Waals surface area contributed by atoms with Crippen molar-refractivity contribution in [3.63, 3.8) is 0 Å². The van der Waals surface area contributed by atoms with Crippen molar-refractivity contribution in [2.45, 2.75) is 0 Å². The van der Waals surface area contributed by atoms with Gasteiger partial charge in [-0.2, -0.15) is 4.31 Å². The minimum Gasteiger partial charge on any atom is -0.497 e. The average Bonchev–Trinajstić information content (AvgIpc) is 2.62. The minimum atomic E-state index is -3.43. The maximum atomic E-state index is 12.3. The molecule has 0 heterocycles. The van der Waals surface area contributed by atoms with Gasteiger partial charge in [0.25, 0.3) is 5.91 Å². The Morgan fingerprint density at radius 2 is 1.48 bits per heavy atom. The Kier molecular flexibility index (Phi) is 6.54. The molecule has 0 aliphatic carbocycles. The van der Waals surface area contributed by atoms with Crippen LogP contribution in [0, 0.1) is 0 Å². The molecule has 2 amide bonds. The number of carbonyl (C=O) groups is 2. The fraction of sp³-hybridized carbons (Fsp3) is 0.222. The van der Waals surface area contributed by atoms with E-state index in [1.807, 2.05) is 0 Å². The highest BCUT2D eigenvalue weighted by molar-refractivity contribution is 7.88. The van der Waals surface area contributed by atoms with Gasteiger partial charge in [0.05, 0.1) is 19.9 Å². The zero-order chi connectivity index (χ0) is 20.0. The summed E-state index contributed by atoms with van der Waals surface area (Å²) in [6.07, 6.45) is 1.02. The standard InChI is InChI=1S/C18H21N3O5S/c1-21(27(3,24)25)12-17(22)19-14-6-4-13(5-7-14)18(23)20-15-8-10-16(26-2)11-9-15/h4-11H,12H2,1-3H3,(H,19,22)(H,20,23). The summed E-state index contributed by atoms with van der Waals surface area (Å²) in [6.45, 7) is -0.293. The van der Waals surface area contributed by atoms with Gasteiger partial charge in [0.15, 0.2) is 0 Å². The quantitative estimate of drug-likeness (QED) is 0.749. The molecule has 0 saturated carbocycles. The van der Waals surface area contributed by atoms with Crippen LogP contribution >= 0.6 is 0 Å². The molecule has 0 bridgehead atoms. The molecule has 0 atom stereocenters. The van der Waals surface area contributed by atoms with Crippen LogP contribution in [0.4, 0.5) is 11.4 Å². The van der Waals surface area contributed by atoms with Crippen LogP contribution in [-0.2, 0) is 14.8 Å². The molecule has 0 unspecified atom stereocenters. The summed E-state index contributed by atoms with van der Waals surface area (Å²) in [7, 11) is -0.547. The van der Waals surface area contributed by atoms with E-state index in [0.29, 0.717) is 22.7 Å². The predicted octanol–water partition coefficient (Wildman–Crippen LogP) is 1.78. The van der Waals surface area contributed by atoms with Gasteiger partial charge in [-0.1, -0.05) is 0 Å². The number of likely N-dealkylation sites (N-methyl/N-ethyl adjacent to an activating group) is 1. The Labute approximate surface area is 158 Å². The molecule has 2 N–H and O–H groups in total. The van der Waals surface area contributed by atoms with E-state index in [0.717, 1.165) is 10.6 Å². The molecule has 2 rings (SSSR count). The van der Waals surface area contributed by atoms with Crippen LogP contribution in [0.2, 0.25) is 0 Å². The largest absolute Gasteiger partial charge is 0.497 e. The fourth-order valence-electron chi connectivity index (χ4n) is 2.10. The van der Waals surface area contributed by atoms with Gasteiger partial charge in [-0.25, -0.2) is 8.42 Å². The average molecular weight is 391 g/mol. The van der Waals surface area contributed by atoms with Crippen molar-refractivity contribution < 1.29 is 22.7 Å². The highest BCUT2D eigenvalue weighted by atomic mass is 32.2. The molecular weight excluding hydrogens is 370 g/mol. The lowest BCUT2D eigenvalue weighted by atomic mass is 10.2. The SMILES string of the molecule is COc1ccc(NC(=O)c2ccc(NC(=O)CN(C)S(C)(=O)=O)cc2)cc1. The number of amides is 2. The van der Waals surface area contributed by atoms with Crippen molar-refractivity contribution in [2.24, 2.45) is 0 Å². The number of anilines is 2. The molecule has 2 aromatic rings. The Morgan fingerprint density at radius 3 is 2.00 bits per heavy atom. The Bertz CT molecular complexity index is 909. The number of hydrogen-bond donors (Lipinski definition) is 2. The molecule has 0 fully saturated rings.